The molecule has 0 aliphatic carbocycles. The highest BCUT2D eigenvalue weighted by Gasteiger charge is 2.27. The van der Waals surface area contributed by atoms with Crippen LogP contribution in [0.2, 0.25) is 0 Å². The fraction of sp³-hybridized carbons (Fsp3) is 1.00. The van der Waals surface area contributed by atoms with Crippen molar-refractivity contribution in [2.24, 2.45) is 5.73 Å². The van der Waals surface area contributed by atoms with E-state index < -0.39 is 10.0 Å². The highest BCUT2D eigenvalue weighted by Crippen LogP contribution is 2.15. The Morgan fingerprint density at radius 3 is 2.27 bits per heavy atom. The summed E-state index contributed by atoms with van der Waals surface area (Å²) < 4.78 is 23.1. The Morgan fingerprint density at radius 2 is 2.09 bits per heavy atom. The summed E-state index contributed by atoms with van der Waals surface area (Å²) in [5.41, 5.74) is 5.51. The van der Waals surface area contributed by atoms with Crippen molar-refractivity contribution in [1.29, 1.82) is 0 Å². The van der Waals surface area contributed by atoms with E-state index in [0.717, 1.165) is 12.8 Å². The van der Waals surface area contributed by atoms with Crippen LogP contribution < -0.4 is 5.73 Å². The van der Waals surface area contributed by atoms with Crippen LogP contribution in [-0.2, 0) is 10.0 Å². The standard InChI is InChI=1S/C5H12N2O2S.ClH/c1-10(8,9)7-4-2-3-5(7)6;/h5H,2-4,6H2,1H3;1H. The summed E-state index contributed by atoms with van der Waals surface area (Å²) in [6, 6.07) is 0. The molecule has 1 heterocycles. The second-order valence-corrected chi connectivity index (χ2v) is 4.52. The molecule has 0 aromatic rings. The molecule has 0 saturated carbocycles. The van der Waals surface area contributed by atoms with Crippen LogP contribution in [0.4, 0.5) is 0 Å². The number of hydrogen-bond acceptors (Lipinski definition) is 3. The summed E-state index contributed by atoms with van der Waals surface area (Å²) >= 11 is 0. The lowest BCUT2D eigenvalue weighted by Crippen LogP contribution is -2.40. The molecule has 1 unspecified atom stereocenters. The Balaban J connectivity index is 0.000001000. The van der Waals surface area contributed by atoms with Crippen LogP contribution >= 0.6 is 12.4 Å². The monoisotopic (exact) mass is 200 g/mol. The first kappa shape index (κ1) is 11.2. The van der Waals surface area contributed by atoms with Crippen LogP contribution in [0, 0.1) is 0 Å². The zero-order valence-electron chi connectivity index (χ0n) is 6.36. The summed E-state index contributed by atoms with van der Waals surface area (Å²) in [6.07, 6.45) is 2.58. The van der Waals surface area contributed by atoms with Gasteiger partial charge in [0.1, 0.15) is 0 Å². The molecule has 4 nitrogen and oxygen atoms in total. The molecule has 6 heteroatoms. The third kappa shape index (κ3) is 2.59. The quantitative estimate of drug-likeness (QED) is 0.635. The van der Waals surface area contributed by atoms with Crippen molar-refractivity contribution < 1.29 is 8.42 Å². The molecule has 1 aliphatic heterocycles. The van der Waals surface area contributed by atoms with Gasteiger partial charge in [-0.05, 0) is 12.8 Å². The molecule has 2 N–H and O–H groups in total. The summed E-state index contributed by atoms with van der Waals surface area (Å²) in [5, 5.41) is 0. The van der Waals surface area contributed by atoms with Crippen LogP contribution in [0.25, 0.3) is 0 Å². The van der Waals surface area contributed by atoms with Crippen molar-refractivity contribution in [1.82, 2.24) is 4.31 Å². The number of halogens is 1. The Bertz CT molecular complexity index is 217. The Hall–Kier alpha value is 0.160. The average Bonchev–Trinajstić information content (AvgIpc) is 2.11. The van der Waals surface area contributed by atoms with Gasteiger partial charge in [-0.25, -0.2) is 8.42 Å². The van der Waals surface area contributed by atoms with Gasteiger partial charge in [-0.15, -0.1) is 12.4 Å². The van der Waals surface area contributed by atoms with E-state index >= 15 is 0 Å². The molecule has 0 spiro atoms. The van der Waals surface area contributed by atoms with Gasteiger partial charge in [0.05, 0.1) is 12.4 Å². The summed E-state index contributed by atoms with van der Waals surface area (Å²) in [5.74, 6) is 0. The lowest BCUT2D eigenvalue weighted by Gasteiger charge is -2.17. The normalized spacial score (nSPS) is 26.5. The molecule has 0 bridgehead atoms. The first-order chi connectivity index (χ1) is 4.52. The van der Waals surface area contributed by atoms with Gasteiger partial charge in [0.15, 0.2) is 0 Å². The number of nitrogens with two attached hydrogens (primary N) is 1. The molecule has 0 radical (unpaired) electrons. The smallest absolute Gasteiger partial charge is 0.212 e. The maximum atomic E-state index is 10.9. The first-order valence-corrected chi connectivity index (χ1v) is 5.09. The highest BCUT2D eigenvalue weighted by atomic mass is 35.5. The molecule has 11 heavy (non-hydrogen) atoms. The van der Waals surface area contributed by atoms with Gasteiger partial charge in [-0.1, -0.05) is 0 Å². The molecule has 1 rings (SSSR count). The predicted molar refractivity (Wildman–Crippen MR) is 46.0 cm³/mol. The molecular formula is C5H13ClN2O2S. The fourth-order valence-electron chi connectivity index (χ4n) is 1.18. The van der Waals surface area contributed by atoms with Gasteiger partial charge >= 0.3 is 0 Å². The number of hydrogen-bond donors (Lipinski definition) is 1. The summed E-state index contributed by atoms with van der Waals surface area (Å²) in [6.45, 7) is 0.583. The van der Waals surface area contributed by atoms with Crippen LogP contribution in [0.1, 0.15) is 12.8 Å². The van der Waals surface area contributed by atoms with E-state index in [2.05, 4.69) is 0 Å². The molecular weight excluding hydrogens is 188 g/mol. The maximum absolute atomic E-state index is 10.9. The third-order valence-corrected chi connectivity index (χ3v) is 2.98. The van der Waals surface area contributed by atoms with E-state index in [-0.39, 0.29) is 18.6 Å². The van der Waals surface area contributed by atoms with Crippen molar-refractivity contribution >= 4 is 22.4 Å². The van der Waals surface area contributed by atoms with Gasteiger partial charge in [0, 0.05) is 6.54 Å². The van der Waals surface area contributed by atoms with Crippen molar-refractivity contribution in [3.8, 4) is 0 Å². The largest absolute Gasteiger partial charge is 0.315 e. The number of nitrogens with zero attached hydrogens (tertiary/aromatic N) is 1. The minimum Gasteiger partial charge on any atom is -0.315 e. The van der Waals surface area contributed by atoms with E-state index in [1.807, 2.05) is 0 Å². The van der Waals surface area contributed by atoms with Gasteiger partial charge in [-0.3, -0.25) is 0 Å². The Kier molecular flexibility index (Phi) is 3.76. The van der Waals surface area contributed by atoms with Gasteiger partial charge < -0.3 is 5.73 Å². The van der Waals surface area contributed by atoms with Gasteiger partial charge in [-0.2, -0.15) is 4.31 Å². The summed E-state index contributed by atoms with van der Waals surface area (Å²) in [4.78, 5) is 0. The lowest BCUT2D eigenvalue weighted by molar-refractivity contribution is 0.399. The van der Waals surface area contributed by atoms with E-state index in [4.69, 9.17) is 5.73 Å². The second-order valence-electron chi connectivity index (χ2n) is 2.58. The first-order valence-electron chi connectivity index (χ1n) is 3.24. The zero-order valence-corrected chi connectivity index (χ0v) is 7.99. The van der Waals surface area contributed by atoms with E-state index in [1.165, 1.54) is 10.6 Å². The van der Waals surface area contributed by atoms with Crippen LogP contribution in [0.5, 0.6) is 0 Å². The minimum absolute atomic E-state index is 0. The van der Waals surface area contributed by atoms with Crippen LogP contribution in [0.3, 0.4) is 0 Å². The maximum Gasteiger partial charge on any atom is 0.212 e. The fourth-order valence-corrected chi connectivity index (χ4v) is 2.24. The Labute approximate surface area is 73.2 Å². The van der Waals surface area contributed by atoms with E-state index in [9.17, 15) is 8.42 Å². The number of sulfonamides is 1. The van der Waals surface area contributed by atoms with E-state index in [0.29, 0.717) is 6.54 Å². The molecule has 0 amide bonds. The SMILES string of the molecule is CS(=O)(=O)N1CCCC1N.Cl. The van der Waals surface area contributed by atoms with Crippen molar-refractivity contribution in [3.05, 3.63) is 0 Å². The van der Waals surface area contributed by atoms with E-state index in [1.54, 1.807) is 0 Å². The highest BCUT2D eigenvalue weighted by molar-refractivity contribution is 7.88. The third-order valence-electron chi connectivity index (χ3n) is 1.67. The average molecular weight is 201 g/mol. The zero-order chi connectivity index (χ0) is 7.78. The Morgan fingerprint density at radius 1 is 1.55 bits per heavy atom. The minimum atomic E-state index is -3.04. The molecule has 1 aliphatic rings. The number of rotatable bonds is 1. The molecule has 1 atom stereocenters. The molecule has 1 saturated heterocycles. The molecule has 1 fully saturated rings. The summed E-state index contributed by atoms with van der Waals surface area (Å²) in [7, 11) is -3.04. The topological polar surface area (TPSA) is 63.4 Å². The lowest BCUT2D eigenvalue weighted by atomic mass is 10.3. The van der Waals surface area contributed by atoms with Gasteiger partial charge in [0.2, 0.25) is 10.0 Å². The van der Waals surface area contributed by atoms with Gasteiger partial charge in [0.25, 0.3) is 0 Å². The molecule has 0 aromatic carbocycles. The molecule has 68 valence electrons. The van der Waals surface area contributed by atoms with Crippen LogP contribution in [0.15, 0.2) is 0 Å². The van der Waals surface area contributed by atoms with Crippen LogP contribution in [-0.4, -0.2) is 31.7 Å². The van der Waals surface area contributed by atoms with Crippen molar-refractivity contribution in [2.75, 3.05) is 12.8 Å². The predicted octanol–water partition coefficient (Wildman–Crippen LogP) is -0.252. The van der Waals surface area contributed by atoms with Crippen molar-refractivity contribution in [3.63, 3.8) is 0 Å². The molecule has 0 aromatic heterocycles. The second kappa shape index (κ2) is 3.71. The van der Waals surface area contributed by atoms with Crippen molar-refractivity contribution in [2.45, 2.75) is 19.0 Å².